The highest BCUT2D eigenvalue weighted by atomic mass is 32.2. The summed E-state index contributed by atoms with van der Waals surface area (Å²) >= 11 is 0. The van der Waals surface area contributed by atoms with E-state index < -0.39 is 21.9 Å². The molecular formula is C13H18N2O4S. The van der Waals surface area contributed by atoms with Crippen molar-refractivity contribution in [3.05, 3.63) is 29.8 Å². The number of carbonyl (C=O) groups is 1. The van der Waals surface area contributed by atoms with Gasteiger partial charge in [-0.15, -0.1) is 0 Å². The van der Waals surface area contributed by atoms with Gasteiger partial charge in [-0.3, -0.25) is 9.52 Å². The zero-order valence-electron chi connectivity index (χ0n) is 11.2. The number of hydrogen-bond acceptors (Lipinski definition) is 4. The van der Waals surface area contributed by atoms with Crippen LogP contribution in [0.15, 0.2) is 24.3 Å². The molecule has 1 saturated heterocycles. The number of carboxylic acid groups (broad SMARTS) is 1. The fourth-order valence-corrected chi connectivity index (χ4v) is 3.12. The minimum Gasteiger partial charge on any atom is -0.481 e. The molecule has 1 aromatic carbocycles. The summed E-state index contributed by atoms with van der Waals surface area (Å²) in [6, 6.07) is 6.96. The van der Waals surface area contributed by atoms with Gasteiger partial charge in [-0.2, -0.15) is 0 Å². The molecule has 20 heavy (non-hydrogen) atoms. The molecule has 0 unspecified atom stereocenters. The lowest BCUT2D eigenvalue weighted by Gasteiger charge is -2.29. The number of sulfonamides is 1. The molecule has 1 aliphatic rings. The highest BCUT2D eigenvalue weighted by Crippen LogP contribution is 2.31. The van der Waals surface area contributed by atoms with Crippen LogP contribution < -0.4 is 10.0 Å². The number of carboxylic acids is 1. The van der Waals surface area contributed by atoms with Crippen molar-refractivity contribution in [2.45, 2.75) is 12.3 Å². The molecule has 1 heterocycles. The lowest BCUT2D eigenvalue weighted by Crippen LogP contribution is -2.39. The normalized spacial score (nSPS) is 23.2. The smallest absolute Gasteiger partial charge is 0.308 e. The van der Waals surface area contributed by atoms with E-state index >= 15 is 0 Å². The summed E-state index contributed by atoms with van der Waals surface area (Å²) in [4.78, 5) is 11.3. The van der Waals surface area contributed by atoms with Crippen molar-refractivity contribution >= 4 is 21.7 Å². The number of rotatable bonds is 4. The van der Waals surface area contributed by atoms with E-state index in [4.69, 9.17) is 0 Å². The molecule has 2 atom stereocenters. The van der Waals surface area contributed by atoms with Crippen LogP contribution in [0.5, 0.6) is 0 Å². The van der Waals surface area contributed by atoms with Gasteiger partial charge in [-0.25, -0.2) is 8.42 Å². The third-order valence-electron chi connectivity index (χ3n) is 3.42. The second-order valence-electron chi connectivity index (χ2n) is 5.04. The number of hydrogen-bond donors (Lipinski definition) is 3. The first-order valence-electron chi connectivity index (χ1n) is 6.38. The predicted molar refractivity (Wildman–Crippen MR) is 76.3 cm³/mol. The molecule has 0 aliphatic carbocycles. The van der Waals surface area contributed by atoms with Crippen LogP contribution in [0, 0.1) is 5.92 Å². The van der Waals surface area contributed by atoms with Crippen molar-refractivity contribution < 1.29 is 18.3 Å². The second-order valence-corrected chi connectivity index (χ2v) is 6.79. The van der Waals surface area contributed by atoms with Gasteiger partial charge in [-0.05, 0) is 36.6 Å². The van der Waals surface area contributed by atoms with E-state index in [9.17, 15) is 18.3 Å². The fourth-order valence-electron chi connectivity index (χ4n) is 2.56. The van der Waals surface area contributed by atoms with Crippen molar-refractivity contribution in [3.8, 4) is 0 Å². The first-order valence-corrected chi connectivity index (χ1v) is 8.27. The Morgan fingerprint density at radius 2 is 2.20 bits per heavy atom. The Balaban J connectivity index is 2.27. The first kappa shape index (κ1) is 14.8. The SMILES string of the molecule is CS(=O)(=O)Nc1cccc([C@H]2CCNC[C@@H]2C(=O)O)c1. The van der Waals surface area contributed by atoms with Gasteiger partial charge >= 0.3 is 5.97 Å². The Kier molecular flexibility index (Phi) is 4.29. The van der Waals surface area contributed by atoms with E-state index in [0.717, 1.165) is 24.8 Å². The van der Waals surface area contributed by atoms with Crippen LogP contribution in [0.3, 0.4) is 0 Å². The maximum absolute atomic E-state index is 11.3. The van der Waals surface area contributed by atoms with Gasteiger partial charge in [-0.1, -0.05) is 12.1 Å². The van der Waals surface area contributed by atoms with E-state index in [1.165, 1.54) is 0 Å². The lowest BCUT2D eigenvalue weighted by atomic mass is 9.81. The molecule has 110 valence electrons. The maximum atomic E-state index is 11.3. The highest BCUT2D eigenvalue weighted by Gasteiger charge is 2.31. The van der Waals surface area contributed by atoms with Crippen LogP contribution in [-0.2, 0) is 14.8 Å². The van der Waals surface area contributed by atoms with Crippen molar-refractivity contribution in [1.29, 1.82) is 0 Å². The summed E-state index contributed by atoms with van der Waals surface area (Å²) in [5, 5.41) is 12.4. The van der Waals surface area contributed by atoms with Crippen molar-refractivity contribution in [2.75, 3.05) is 24.1 Å². The Hall–Kier alpha value is -1.60. The quantitative estimate of drug-likeness (QED) is 0.765. The average Bonchev–Trinajstić information content (AvgIpc) is 2.37. The molecule has 0 radical (unpaired) electrons. The highest BCUT2D eigenvalue weighted by molar-refractivity contribution is 7.92. The van der Waals surface area contributed by atoms with Crippen molar-refractivity contribution in [2.24, 2.45) is 5.92 Å². The minimum absolute atomic E-state index is 0.102. The van der Waals surface area contributed by atoms with Crippen LogP contribution in [-0.4, -0.2) is 38.8 Å². The standard InChI is InChI=1S/C13H18N2O4S/c1-20(18,19)15-10-4-2-3-9(7-10)11-5-6-14-8-12(11)13(16)17/h2-4,7,11-12,14-15H,5-6,8H2,1H3,(H,16,17)/t11-,12+/m1/s1. The molecule has 0 amide bonds. The van der Waals surface area contributed by atoms with Gasteiger partial charge in [0.1, 0.15) is 0 Å². The number of benzene rings is 1. The van der Waals surface area contributed by atoms with Gasteiger partial charge < -0.3 is 10.4 Å². The molecule has 1 aliphatic heterocycles. The Morgan fingerprint density at radius 1 is 1.45 bits per heavy atom. The summed E-state index contributed by atoms with van der Waals surface area (Å²) < 4.78 is 24.9. The largest absolute Gasteiger partial charge is 0.481 e. The molecule has 1 fully saturated rings. The summed E-state index contributed by atoms with van der Waals surface area (Å²) in [6.07, 6.45) is 1.81. The van der Waals surface area contributed by atoms with Gasteiger partial charge in [0.05, 0.1) is 12.2 Å². The Bertz CT molecular complexity index is 600. The van der Waals surface area contributed by atoms with E-state index in [1.54, 1.807) is 18.2 Å². The number of anilines is 1. The Labute approximate surface area is 118 Å². The summed E-state index contributed by atoms with van der Waals surface area (Å²) in [5.74, 6) is -1.42. The van der Waals surface area contributed by atoms with Crippen molar-refractivity contribution in [1.82, 2.24) is 5.32 Å². The molecule has 6 nitrogen and oxygen atoms in total. The number of piperidine rings is 1. The molecule has 0 aromatic heterocycles. The van der Waals surface area contributed by atoms with Crippen LogP contribution in [0.2, 0.25) is 0 Å². The Morgan fingerprint density at radius 3 is 2.85 bits per heavy atom. The molecule has 0 bridgehead atoms. The molecular weight excluding hydrogens is 280 g/mol. The minimum atomic E-state index is -3.33. The molecule has 3 N–H and O–H groups in total. The van der Waals surface area contributed by atoms with Crippen LogP contribution >= 0.6 is 0 Å². The van der Waals surface area contributed by atoms with Gasteiger partial charge in [0.15, 0.2) is 0 Å². The number of aliphatic carboxylic acids is 1. The summed E-state index contributed by atoms with van der Waals surface area (Å²) in [5.41, 5.74) is 1.32. The van der Waals surface area contributed by atoms with E-state index in [-0.39, 0.29) is 5.92 Å². The summed E-state index contributed by atoms with van der Waals surface area (Å²) in [7, 11) is -3.33. The average molecular weight is 298 g/mol. The van der Waals surface area contributed by atoms with Gasteiger partial charge in [0, 0.05) is 12.2 Å². The monoisotopic (exact) mass is 298 g/mol. The second kappa shape index (κ2) is 5.80. The van der Waals surface area contributed by atoms with Crippen LogP contribution in [0.4, 0.5) is 5.69 Å². The van der Waals surface area contributed by atoms with Gasteiger partial charge in [0.2, 0.25) is 10.0 Å². The topological polar surface area (TPSA) is 95.5 Å². The predicted octanol–water partition coefficient (Wildman–Crippen LogP) is 0.836. The first-order chi connectivity index (χ1) is 9.37. The molecule has 2 rings (SSSR count). The van der Waals surface area contributed by atoms with E-state index in [2.05, 4.69) is 10.0 Å². The lowest BCUT2D eigenvalue weighted by molar-refractivity contribution is -0.142. The van der Waals surface area contributed by atoms with E-state index in [1.807, 2.05) is 6.07 Å². The zero-order chi connectivity index (χ0) is 14.8. The number of nitrogens with one attached hydrogen (secondary N) is 2. The zero-order valence-corrected chi connectivity index (χ0v) is 12.0. The maximum Gasteiger partial charge on any atom is 0.308 e. The van der Waals surface area contributed by atoms with Gasteiger partial charge in [0.25, 0.3) is 0 Å². The fraction of sp³-hybridized carbons (Fsp3) is 0.462. The molecule has 1 aromatic rings. The van der Waals surface area contributed by atoms with Crippen molar-refractivity contribution in [3.63, 3.8) is 0 Å². The van der Waals surface area contributed by atoms with E-state index in [0.29, 0.717) is 12.2 Å². The third kappa shape index (κ3) is 3.71. The summed E-state index contributed by atoms with van der Waals surface area (Å²) in [6.45, 7) is 1.20. The molecule has 0 saturated carbocycles. The molecule has 7 heteroatoms. The molecule has 0 spiro atoms. The van der Waals surface area contributed by atoms with Crippen LogP contribution in [0.25, 0.3) is 0 Å². The third-order valence-corrected chi connectivity index (χ3v) is 4.02. The van der Waals surface area contributed by atoms with Crippen LogP contribution in [0.1, 0.15) is 17.9 Å².